The zero-order chi connectivity index (χ0) is 16.1. The molecule has 0 spiro atoms. The van der Waals surface area contributed by atoms with E-state index in [9.17, 15) is 0 Å². The van der Waals surface area contributed by atoms with Crippen LogP contribution in [-0.4, -0.2) is 11.7 Å². The largest absolute Gasteiger partial charge is 0.396 e. The van der Waals surface area contributed by atoms with Gasteiger partial charge in [-0.25, -0.2) is 0 Å². The lowest BCUT2D eigenvalue weighted by atomic mass is 9.75. The van der Waals surface area contributed by atoms with Gasteiger partial charge >= 0.3 is 0 Å². The molecule has 0 radical (unpaired) electrons. The lowest BCUT2D eigenvalue weighted by molar-refractivity contribution is 0.205. The fourth-order valence-electron chi connectivity index (χ4n) is 4.88. The van der Waals surface area contributed by atoms with E-state index in [4.69, 9.17) is 5.11 Å². The summed E-state index contributed by atoms with van der Waals surface area (Å²) in [4.78, 5) is 0. The van der Waals surface area contributed by atoms with Gasteiger partial charge in [-0.3, -0.25) is 0 Å². The summed E-state index contributed by atoms with van der Waals surface area (Å²) in [5.74, 6) is 1.66. The molecule has 1 saturated carbocycles. The molecule has 0 heterocycles. The van der Waals surface area contributed by atoms with Gasteiger partial charge in [-0.15, -0.1) is 0 Å². The van der Waals surface area contributed by atoms with E-state index in [1.807, 2.05) is 0 Å². The minimum Gasteiger partial charge on any atom is -0.396 e. The predicted octanol–water partition coefficient (Wildman–Crippen LogP) is 6.10. The molecule has 3 rings (SSSR count). The molecule has 3 aliphatic rings. The highest BCUT2D eigenvalue weighted by atomic mass is 16.3. The molecule has 0 aromatic carbocycles. The smallest absolute Gasteiger partial charge is 0.0433 e. The second-order valence-corrected chi connectivity index (χ2v) is 7.99. The van der Waals surface area contributed by atoms with Gasteiger partial charge in [-0.1, -0.05) is 30.6 Å². The van der Waals surface area contributed by atoms with Crippen LogP contribution in [0.25, 0.3) is 0 Å². The third-order valence-electron chi connectivity index (χ3n) is 6.33. The Bertz CT molecular complexity index is 486. The van der Waals surface area contributed by atoms with Crippen molar-refractivity contribution in [1.29, 1.82) is 0 Å². The summed E-state index contributed by atoms with van der Waals surface area (Å²) < 4.78 is 0. The summed E-state index contributed by atoms with van der Waals surface area (Å²) in [6.45, 7) is 2.74. The second-order valence-electron chi connectivity index (χ2n) is 7.99. The molecule has 0 saturated heterocycles. The Morgan fingerprint density at radius 3 is 2.39 bits per heavy atom. The van der Waals surface area contributed by atoms with Crippen molar-refractivity contribution in [1.82, 2.24) is 0 Å². The van der Waals surface area contributed by atoms with Gasteiger partial charge in [0.15, 0.2) is 0 Å². The Morgan fingerprint density at radius 1 is 0.957 bits per heavy atom. The van der Waals surface area contributed by atoms with Crippen molar-refractivity contribution in [3.8, 4) is 0 Å². The zero-order valence-electron chi connectivity index (χ0n) is 14.9. The van der Waals surface area contributed by atoms with Crippen molar-refractivity contribution >= 4 is 0 Å². The highest BCUT2D eigenvalue weighted by Crippen LogP contribution is 2.40. The fourth-order valence-corrected chi connectivity index (χ4v) is 4.88. The van der Waals surface area contributed by atoms with Crippen LogP contribution in [0.5, 0.6) is 0 Å². The molecular formula is C22H34O. The Kier molecular flexibility index (Phi) is 6.16. The van der Waals surface area contributed by atoms with E-state index in [1.54, 1.807) is 22.3 Å². The number of aliphatic hydroxyl groups is 1. The van der Waals surface area contributed by atoms with Gasteiger partial charge in [-0.2, -0.15) is 0 Å². The molecule has 0 unspecified atom stereocenters. The van der Waals surface area contributed by atoms with E-state index >= 15 is 0 Å². The zero-order valence-corrected chi connectivity index (χ0v) is 14.9. The summed E-state index contributed by atoms with van der Waals surface area (Å²) in [6, 6.07) is 0. The van der Waals surface area contributed by atoms with Crippen LogP contribution >= 0.6 is 0 Å². The lowest BCUT2D eigenvalue weighted by Crippen LogP contribution is -2.17. The molecule has 0 atom stereocenters. The molecule has 3 aliphatic carbocycles. The van der Waals surface area contributed by atoms with E-state index in [1.165, 1.54) is 70.6 Å². The normalized spacial score (nSPS) is 29.3. The summed E-state index contributed by atoms with van der Waals surface area (Å²) >= 11 is 0. The number of hydrogen-bond donors (Lipinski definition) is 1. The number of allylic oxidation sites excluding steroid dienone is 6. The van der Waals surface area contributed by atoms with Crippen molar-refractivity contribution in [3.05, 3.63) is 34.4 Å². The van der Waals surface area contributed by atoms with Crippen molar-refractivity contribution in [2.45, 2.75) is 84.0 Å². The highest BCUT2D eigenvalue weighted by molar-refractivity contribution is 5.50. The summed E-state index contributed by atoms with van der Waals surface area (Å²) in [5.41, 5.74) is 6.64. The monoisotopic (exact) mass is 314 g/mol. The quantitative estimate of drug-likeness (QED) is 0.650. The first-order valence-electron chi connectivity index (χ1n) is 9.97. The van der Waals surface area contributed by atoms with Crippen LogP contribution in [0, 0.1) is 11.8 Å². The molecule has 1 fully saturated rings. The van der Waals surface area contributed by atoms with E-state index in [2.05, 4.69) is 19.1 Å². The van der Waals surface area contributed by atoms with Gasteiger partial charge in [0.05, 0.1) is 0 Å². The lowest BCUT2D eigenvalue weighted by Gasteiger charge is -2.31. The third kappa shape index (κ3) is 4.38. The van der Waals surface area contributed by atoms with E-state index in [0.717, 1.165) is 18.3 Å². The Morgan fingerprint density at radius 2 is 1.65 bits per heavy atom. The summed E-state index contributed by atoms with van der Waals surface area (Å²) in [5, 5.41) is 9.13. The Balaban J connectivity index is 1.63. The molecule has 1 nitrogen and oxygen atoms in total. The van der Waals surface area contributed by atoms with Crippen LogP contribution in [-0.2, 0) is 0 Å². The predicted molar refractivity (Wildman–Crippen MR) is 98.3 cm³/mol. The van der Waals surface area contributed by atoms with Crippen LogP contribution < -0.4 is 0 Å². The first kappa shape index (κ1) is 17.0. The molecule has 0 amide bonds. The topological polar surface area (TPSA) is 20.2 Å². The van der Waals surface area contributed by atoms with Crippen molar-refractivity contribution in [2.24, 2.45) is 11.8 Å². The maximum atomic E-state index is 9.13. The molecule has 1 N–H and O–H groups in total. The van der Waals surface area contributed by atoms with Gasteiger partial charge in [0.1, 0.15) is 0 Å². The van der Waals surface area contributed by atoms with Gasteiger partial charge in [0, 0.05) is 6.61 Å². The van der Waals surface area contributed by atoms with E-state index < -0.39 is 0 Å². The fraction of sp³-hybridized carbons (Fsp3) is 0.727. The molecule has 0 aliphatic heterocycles. The number of rotatable bonds is 5. The summed E-state index contributed by atoms with van der Waals surface area (Å²) in [6.07, 6.45) is 20.7. The minimum absolute atomic E-state index is 0.376. The van der Waals surface area contributed by atoms with E-state index in [-0.39, 0.29) is 0 Å². The van der Waals surface area contributed by atoms with Gasteiger partial charge in [0.2, 0.25) is 0 Å². The first-order valence-corrected chi connectivity index (χ1v) is 9.97. The van der Waals surface area contributed by atoms with Gasteiger partial charge < -0.3 is 5.11 Å². The molecule has 0 aromatic heterocycles. The van der Waals surface area contributed by atoms with E-state index in [0.29, 0.717) is 6.61 Å². The number of hydrogen-bond acceptors (Lipinski definition) is 1. The van der Waals surface area contributed by atoms with Gasteiger partial charge in [0.25, 0.3) is 0 Å². The minimum atomic E-state index is 0.376. The van der Waals surface area contributed by atoms with Gasteiger partial charge in [-0.05, 0) is 99.7 Å². The third-order valence-corrected chi connectivity index (χ3v) is 6.33. The summed E-state index contributed by atoms with van der Waals surface area (Å²) in [7, 11) is 0. The average Bonchev–Trinajstić information content (AvgIpc) is 2.58. The first-order chi connectivity index (χ1) is 11.3. The number of aliphatic hydroxyl groups excluding tert-OH is 1. The van der Waals surface area contributed by atoms with Crippen LogP contribution in [0.15, 0.2) is 34.4 Å². The van der Waals surface area contributed by atoms with Crippen LogP contribution in [0.4, 0.5) is 0 Å². The van der Waals surface area contributed by atoms with Crippen LogP contribution in [0.3, 0.4) is 0 Å². The standard InChI is InChI=1S/C22H34O/c1-17-6-2-4-8-21(17)22-9-5-3-7-20(22)16-19-12-10-18(11-13-19)14-15-23/h7,9,18-19,23H,2-6,8,10-16H2,1H3. The van der Waals surface area contributed by atoms with Crippen LogP contribution in [0.1, 0.15) is 84.0 Å². The van der Waals surface area contributed by atoms with Crippen LogP contribution in [0.2, 0.25) is 0 Å². The Labute approximate surface area is 142 Å². The molecule has 0 bridgehead atoms. The Hall–Kier alpha value is -0.820. The molecular weight excluding hydrogens is 280 g/mol. The molecule has 23 heavy (non-hydrogen) atoms. The molecule has 128 valence electrons. The van der Waals surface area contributed by atoms with Crippen molar-refractivity contribution in [3.63, 3.8) is 0 Å². The SMILES string of the molecule is CC1=C(C2=CCCC=C2CC2CCC(CCO)CC2)CCCC1. The maximum absolute atomic E-state index is 9.13. The highest BCUT2D eigenvalue weighted by Gasteiger charge is 2.24. The van der Waals surface area contributed by atoms with Crippen molar-refractivity contribution in [2.75, 3.05) is 6.61 Å². The molecule has 1 heteroatoms. The van der Waals surface area contributed by atoms with Crippen molar-refractivity contribution < 1.29 is 5.11 Å². The average molecular weight is 315 g/mol. The maximum Gasteiger partial charge on any atom is 0.0433 e. The second kappa shape index (κ2) is 8.33. The molecule has 0 aromatic rings.